The van der Waals surface area contributed by atoms with E-state index in [-0.39, 0.29) is 5.41 Å². The van der Waals surface area contributed by atoms with Crippen LogP contribution in [-0.4, -0.2) is 15.8 Å². The van der Waals surface area contributed by atoms with Gasteiger partial charge in [0.05, 0.1) is 0 Å². The monoisotopic (exact) mass is 364 g/mol. The van der Waals surface area contributed by atoms with Crippen LogP contribution >= 0.6 is 0 Å². The van der Waals surface area contributed by atoms with Crippen molar-refractivity contribution in [2.24, 2.45) is 0 Å². The second-order valence-electron chi connectivity index (χ2n) is 7.70. The Morgan fingerprint density at radius 2 is 1.41 bits per heavy atom. The topological polar surface area (TPSA) is 40.5 Å². The van der Waals surface area contributed by atoms with Crippen molar-refractivity contribution < 1.29 is 10.2 Å². The summed E-state index contributed by atoms with van der Waals surface area (Å²) in [4.78, 5) is 0. The van der Waals surface area contributed by atoms with Gasteiger partial charge in [0.2, 0.25) is 0 Å². The molecule has 2 heteroatoms. The van der Waals surface area contributed by atoms with Gasteiger partial charge in [0.25, 0.3) is 0 Å². The molecule has 2 nitrogen and oxygen atoms in total. The van der Waals surface area contributed by atoms with E-state index in [1.807, 2.05) is 19.9 Å². The van der Waals surface area contributed by atoms with Crippen LogP contribution in [-0.2, 0) is 5.41 Å². The van der Waals surface area contributed by atoms with E-state index in [0.29, 0.717) is 12.2 Å². The minimum absolute atomic E-state index is 0.0932. The molecule has 0 radical (unpaired) electrons. The largest absolute Gasteiger partial charge is 0.508 e. The molecule has 2 N–H and O–H groups in total. The van der Waals surface area contributed by atoms with Gasteiger partial charge in [0.1, 0.15) is 11.4 Å². The van der Waals surface area contributed by atoms with E-state index in [2.05, 4.69) is 56.9 Å². The van der Waals surface area contributed by atoms with Crippen molar-refractivity contribution in [1.29, 1.82) is 0 Å². The maximum atomic E-state index is 10.1. The molecule has 0 aliphatic rings. The highest BCUT2D eigenvalue weighted by atomic mass is 16.3. The quantitative estimate of drug-likeness (QED) is 0.675. The molecule has 0 fully saturated rings. The van der Waals surface area contributed by atoms with Gasteiger partial charge in [-0.05, 0) is 74.4 Å². The van der Waals surface area contributed by atoms with Crippen LogP contribution in [0.2, 0.25) is 0 Å². The first-order valence-electron chi connectivity index (χ1n) is 9.86. The van der Waals surface area contributed by atoms with E-state index in [9.17, 15) is 10.2 Å². The molecule has 1 atom stereocenters. The normalized spacial score (nSPS) is 13.6. The van der Waals surface area contributed by atoms with Crippen molar-refractivity contribution in [2.45, 2.75) is 71.8 Å². The molecule has 2 rings (SSSR count). The van der Waals surface area contributed by atoms with Crippen molar-refractivity contribution in [3.63, 3.8) is 0 Å². The highest BCUT2D eigenvalue weighted by Crippen LogP contribution is 2.40. The molecule has 2 aromatic rings. The summed E-state index contributed by atoms with van der Waals surface area (Å²) in [6.07, 6.45) is 2.55. The molecule has 2 aromatic carbocycles. The number of hydrogen-bond acceptors (Lipinski definition) is 2. The van der Waals surface area contributed by atoms with E-state index < -0.39 is 5.60 Å². The molecular formula is C25H32O2. The summed E-state index contributed by atoms with van der Waals surface area (Å²) >= 11 is 0. The van der Waals surface area contributed by atoms with Crippen molar-refractivity contribution in [3.05, 3.63) is 64.2 Å². The summed E-state index contributed by atoms with van der Waals surface area (Å²) in [5.41, 5.74) is 4.43. The number of phenols is 1. The van der Waals surface area contributed by atoms with Crippen molar-refractivity contribution >= 4 is 0 Å². The fraction of sp³-hybridized carbons (Fsp3) is 0.440. The Hall–Kier alpha value is -2.24. The number of benzene rings is 2. The fourth-order valence-electron chi connectivity index (χ4n) is 3.58. The number of phenolic OH excluding ortho intramolecular Hbond substituents is 1. The predicted molar refractivity (Wildman–Crippen MR) is 113 cm³/mol. The Morgan fingerprint density at radius 1 is 0.852 bits per heavy atom. The zero-order valence-electron chi connectivity index (χ0n) is 17.5. The van der Waals surface area contributed by atoms with Crippen LogP contribution in [0, 0.1) is 25.7 Å². The van der Waals surface area contributed by atoms with E-state index in [1.54, 1.807) is 13.0 Å². The first kappa shape index (κ1) is 21.1. The predicted octanol–water partition coefficient (Wildman–Crippen LogP) is 5.63. The molecule has 1 unspecified atom stereocenters. The van der Waals surface area contributed by atoms with E-state index in [4.69, 9.17) is 0 Å². The van der Waals surface area contributed by atoms with Crippen molar-refractivity contribution in [3.8, 4) is 17.6 Å². The maximum Gasteiger partial charge on any atom is 0.122 e. The highest BCUT2D eigenvalue weighted by molar-refractivity contribution is 5.49. The number of rotatable bonds is 5. The van der Waals surface area contributed by atoms with Gasteiger partial charge in [-0.15, -0.1) is 0 Å². The summed E-state index contributed by atoms with van der Waals surface area (Å²) in [6, 6.07) is 12.4. The van der Waals surface area contributed by atoms with E-state index in [0.717, 1.165) is 29.5 Å². The van der Waals surface area contributed by atoms with Crippen LogP contribution < -0.4 is 0 Å². The average Bonchev–Trinajstić information content (AvgIpc) is 2.65. The minimum atomic E-state index is -0.953. The van der Waals surface area contributed by atoms with Gasteiger partial charge >= 0.3 is 0 Å². The Morgan fingerprint density at radius 3 is 1.89 bits per heavy atom. The van der Waals surface area contributed by atoms with Crippen molar-refractivity contribution in [1.82, 2.24) is 0 Å². The Balaban J connectivity index is 2.53. The number of hydrogen-bond donors (Lipinski definition) is 2. The van der Waals surface area contributed by atoms with Crippen LogP contribution in [0.3, 0.4) is 0 Å². The van der Waals surface area contributed by atoms with Crippen LogP contribution in [0.4, 0.5) is 0 Å². The lowest BCUT2D eigenvalue weighted by Crippen LogP contribution is -2.26. The molecule has 0 spiro atoms. The number of aryl methyl sites for hydroxylation is 2. The Kier molecular flexibility index (Phi) is 6.39. The van der Waals surface area contributed by atoms with E-state index in [1.165, 1.54) is 11.1 Å². The van der Waals surface area contributed by atoms with Crippen LogP contribution in [0.5, 0.6) is 5.75 Å². The van der Waals surface area contributed by atoms with Crippen molar-refractivity contribution in [2.75, 3.05) is 0 Å². The third-order valence-corrected chi connectivity index (χ3v) is 5.89. The van der Waals surface area contributed by atoms with Gasteiger partial charge in [-0.3, -0.25) is 0 Å². The Bertz CT molecular complexity index is 862. The maximum absolute atomic E-state index is 10.1. The molecular weight excluding hydrogens is 332 g/mol. The molecule has 0 saturated carbocycles. The molecule has 0 aromatic heterocycles. The summed E-state index contributed by atoms with van der Waals surface area (Å²) in [7, 11) is 0. The lowest BCUT2D eigenvalue weighted by Gasteiger charge is -2.34. The molecule has 0 bridgehead atoms. The fourth-order valence-corrected chi connectivity index (χ4v) is 3.58. The van der Waals surface area contributed by atoms with Gasteiger partial charge in [-0.25, -0.2) is 0 Å². The van der Waals surface area contributed by atoms with E-state index >= 15 is 0 Å². The van der Waals surface area contributed by atoms with Gasteiger partial charge in [0, 0.05) is 11.0 Å². The highest BCUT2D eigenvalue weighted by Gasteiger charge is 2.31. The van der Waals surface area contributed by atoms with Crippen LogP contribution in [0.25, 0.3) is 0 Å². The summed E-state index contributed by atoms with van der Waals surface area (Å²) < 4.78 is 0. The summed E-state index contributed by atoms with van der Waals surface area (Å²) in [5.74, 6) is 6.45. The van der Waals surface area contributed by atoms with Gasteiger partial charge < -0.3 is 10.2 Å². The zero-order valence-corrected chi connectivity index (χ0v) is 17.5. The Labute approximate surface area is 164 Å². The van der Waals surface area contributed by atoms with Gasteiger partial charge in [0.15, 0.2) is 0 Å². The molecule has 0 aliphatic carbocycles. The molecule has 0 aliphatic heterocycles. The molecule has 27 heavy (non-hydrogen) atoms. The first-order chi connectivity index (χ1) is 12.7. The average molecular weight is 365 g/mol. The van der Waals surface area contributed by atoms with Gasteiger partial charge in [-0.2, -0.15) is 0 Å². The number of aliphatic hydroxyl groups is 1. The summed E-state index contributed by atoms with van der Waals surface area (Å²) in [5, 5.41) is 20.1. The third kappa shape index (κ3) is 4.37. The SMILES string of the molecule is CCC(C)(O)C#Cc1ccc(C(CC)(CC)c2ccc(O)c(C)c2)cc1C. The first-order valence-corrected chi connectivity index (χ1v) is 9.86. The number of aromatic hydroxyl groups is 1. The summed E-state index contributed by atoms with van der Waals surface area (Å²) in [6.45, 7) is 12.1. The smallest absolute Gasteiger partial charge is 0.122 e. The second kappa shape index (κ2) is 8.19. The second-order valence-corrected chi connectivity index (χ2v) is 7.70. The standard InChI is InChI=1S/C25H32O2/c1-7-24(6,27)15-14-20-10-11-21(16-18(20)4)25(8-2,9-3)22-12-13-23(26)19(5)17-22/h10-13,16-17,26-27H,7-9H2,1-6H3. The van der Waals surface area contributed by atoms with Crippen LogP contribution in [0.1, 0.15) is 74.8 Å². The molecule has 144 valence electrons. The minimum Gasteiger partial charge on any atom is -0.508 e. The zero-order chi connectivity index (χ0) is 20.2. The van der Waals surface area contributed by atoms with Gasteiger partial charge in [-0.1, -0.05) is 56.9 Å². The molecule has 0 heterocycles. The third-order valence-electron chi connectivity index (χ3n) is 5.89. The lowest BCUT2D eigenvalue weighted by atomic mass is 9.70. The molecule has 0 saturated heterocycles. The molecule has 0 amide bonds. The van der Waals surface area contributed by atoms with Crippen LogP contribution in [0.15, 0.2) is 36.4 Å². The lowest BCUT2D eigenvalue weighted by molar-refractivity contribution is 0.118.